The molecule has 17 nitrogen and oxygen atoms in total. The molecule has 15 N–H and O–H groups in total. The Kier molecular flexibility index (Phi) is 12.8. The number of nitrogens with one attached hydrogen (secondary N) is 3. The van der Waals surface area contributed by atoms with E-state index in [2.05, 4.69) is 16.0 Å². The first-order valence-corrected chi connectivity index (χ1v) is 14.3. The lowest BCUT2D eigenvalue weighted by atomic mass is 9.72. The van der Waals surface area contributed by atoms with Crippen LogP contribution in [0.4, 0.5) is 0 Å². The summed E-state index contributed by atoms with van der Waals surface area (Å²) in [6.45, 7) is 1.25. The number of carbonyl (C=O) groups is 1. The molecular formula is C25H49N5O12. The first-order chi connectivity index (χ1) is 19.8. The highest BCUT2D eigenvalue weighted by atomic mass is 16.7. The molecule has 1 saturated carbocycles. The van der Waals surface area contributed by atoms with Gasteiger partial charge in [-0.15, -0.1) is 0 Å². The van der Waals surface area contributed by atoms with E-state index in [0.29, 0.717) is 13.0 Å². The second kappa shape index (κ2) is 15.2. The van der Waals surface area contributed by atoms with Crippen LogP contribution in [0.3, 0.4) is 0 Å². The number of likely N-dealkylation sites (N-methyl/N-ethyl adjacent to an activating group) is 1. The predicted molar refractivity (Wildman–Crippen MR) is 144 cm³/mol. The molecule has 1 aliphatic carbocycles. The second-order valence-electron chi connectivity index (χ2n) is 11.6. The van der Waals surface area contributed by atoms with Crippen LogP contribution in [0.2, 0.25) is 0 Å². The molecule has 0 spiro atoms. The van der Waals surface area contributed by atoms with E-state index in [1.54, 1.807) is 0 Å². The molecule has 3 fully saturated rings. The molecule has 0 aromatic rings. The standard InChI is InChI=1S/C25H49N5O12/c1-25(39)9-40-24(19(37)22(25)28-2)42-20-11(30-23(38)12(32)7-26)6-10(27)14(16(20)34)21-18(36)17(35)15(33)13(41-21)8-29-4-3-5-31/h10-22,24,28-29,31-37,39H,3-9,26-27H2,1-2H3,(H,30,38). The lowest BCUT2D eigenvalue weighted by Gasteiger charge is -2.52. The van der Waals surface area contributed by atoms with E-state index in [1.165, 1.54) is 14.0 Å². The van der Waals surface area contributed by atoms with Gasteiger partial charge in [0, 0.05) is 31.7 Å². The number of aliphatic hydroxyl groups is 8. The third kappa shape index (κ3) is 7.74. The van der Waals surface area contributed by atoms with Crippen LogP contribution >= 0.6 is 0 Å². The van der Waals surface area contributed by atoms with E-state index in [9.17, 15) is 40.5 Å². The summed E-state index contributed by atoms with van der Waals surface area (Å²) in [7, 11) is 1.53. The Morgan fingerprint density at radius 2 is 1.81 bits per heavy atom. The quantitative estimate of drug-likeness (QED) is 0.0912. The summed E-state index contributed by atoms with van der Waals surface area (Å²) in [4.78, 5) is 12.6. The number of carbonyl (C=O) groups excluding carboxylic acids is 1. The minimum absolute atomic E-state index is 0.0540. The van der Waals surface area contributed by atoms with Gasteiger partial charge in [0.1, 0.15) is 42.2 Å². The first-order valence-electron chi connectivity index (χ1n) is 14.3. The smallest absolute Gasteiger partial charge is 0.250 e. The van der Waals surface area contributed by atoms with Gasteiger partial charge in [0.05, 0.1) is 37.0 Å². The Bertz CT molecular complexity index is 861. The Balaban J connectivity index is 1.87. The predicted octanol–water partition coefficient (Wildman–Crippen LogP) is -7.24. The molecule has 2 heterocycles. The van der Waals surface area contributed by atoms with Crippen molar-refractivity contribution in [3.8, 4) is 0 Å². The van der Waals surface area contributed by atoms with E-state index >= 15 is 0 Å². The van der Waals surface area contributed by atoms with Crippen LogP contribution in [-0.2, 0) is 19.0 Å². The Morgan fingerprint density at radius 3 is 2.43 bits per heavy atom. The third-order valence-electron chi connectivity index (χ3n) is 8.42. The highest BCUT2D eigenvalue weighted by Crippen LogP contribution is 2.37. The zero-order valence-electron chi connectivity index (χ0n) is 23.9. The SMILES string of the molecule is CNC1C(O)C(OC2C(NC(=O)C(O)CN)CC(N)C(C3OC(CNCCCO)C(O)C(O)C3O)C2O)OCC1(C)O. The van der Waals surface area contributed by atoms with Crippen molar-refractivity contribution in [3.63, 3.8) is 0 Å². The zero-order valence-corrected chi connectivity index (χ0v) is 23.9. The van der Waals surface area contributed by atoms with Gasteiger partial charge in [-0.05, 0) is 33.4 Å². The molecule has 2 saturated heterocycles. The van der Waals surface area contributed by atoms with Gasteiger partial charge in [0.2, 0.25) is 5.91 Å². The van der Waals surface area contributed by atoms with Gasteiger partial charge in [-0.1, -0.05) is 0 Å². The van der Waals surface area contributed by atoms with Crippen LogP contribution in [0, 0.1) is 5.92 Å². The summed E-state index contributed by atoms with van der Waals surface area (Å²) in [6, 6.07) is -2.87. The molecule has 17 heteroatoms. The summed E-state index contributed by atoms with van der Waals surface area (Å²) in [5, 5.41) is 92.6. The summed E-state index contributed by atoms with van der Waals surface area (Å²) in [5.41, 5.74) is 10.4. The highest BCUT2D eigenvalue weighted by molar-refractivity contribution is 5.81. The summed E-state index contributed by atoms with van der Waals surface area (Å²) < 4.78 is 17.6. The fraction of sp³-hybridized carbons (Fsp3) is 0.960. The fourth-order valence-electron chi connectivity index (χ4n) is 6.07. The number of rotatable bonds is 12. The molecule has 0 bridgehead atoms. The van der Waals surface area contributed by atoms with Gasteiger partial charge in [0.25, 0.3) is 0 Å². The fourth-order valence-corrected chi connectivity index (χ4v) is 6.07. The minimum Gasteiger partial charge on any atom is -0.396 e. The molecule has 0 aromatic carbocycles. The zero-order chi connectivity index (χ0) is 31.4. The van der Waals surface area contributed by atoms with E-state index in [0.717, 1.165) is 0 Å². The first kappa shape index (κ1) is 35.4. The van der Waals surface area contributed by atoms with Crippen molar-refractivity contribution in [3.05, 3.63) is 0 Å². The number of ether oxygens (including phenoxy) is 3. The topological polar surface area (TPSA) is 295 Å². The van der Waals surface area contributed by atoms with E-state index in [1.807, 2.05) is 0 Å². The Morgan fingerprint density at radius 1 is 1.12 bits per heavy atom. The van der Waals surface area contributed by atoms with Crippen molar-refractivity contribution in [1.29, 1.82) is 0 Å². The molecule has 15 atom stereocenters. The summed E-state index contributed by atoms with van der Waals surface area (Å²) in [6.07, 6.45) is -14.0. The van der Waals surface area contributed by atoms with Crippen LogP contribution in [0.25, 0.3) is 0 Å². The molecule has 3 aliphatic rings. The minimum atomic E-state index is -1.66. The van der Waals surface area contributed by atoms with Crippen molar-refractivity contribution < 1.29 is 59.9 Å². The van der Waals surface area contributed by atoms with Crippen molar-refractivity contribution >= 4 is 5.91 Å². The van der Waals surface area contributed by atoms with E-state index in [-0.39, 0.29) is 32.7 Å². The summed E-state index contributed by atoms with van der Waals surface area (Å²) >= 11 is 0. The third-order valence-corrected chi connectivity index (χ3v) is 8.42. The van der Waals surface area contributed by atoms with Gasteiger partial charge in [0.15, 0.2) is 6.29 Å². The number of aliphatic hydroxyl groups excluding tert-OH is 7. The summed E-state index contributed by atoms with van der Waals surface area (Å²) in [5.74, 6) is -1.96. The van der Waals surface area contributed by atoms with Crippen LogP contribution in [0.15, 0.2) is 0 Å². The Labute approximate surface area is 244 Å². The van der Waals surface area contributed by atoms with Gasteiger partial charge >= 0.3 is 0 Å². The maximum absolute atomic E-state index is 12.6. The van der Waals surface area contributed by atoms with Crippen molar-refractivity contribution in [2.75, 3.05) is 39.9 Å². The average molecular weight is 612 g/mol. The molecule has 2 aliphatic heterocycles. The highest BCUT2D eigenvalue weighted by Gasteiger charge is 2.56. The molecule has 15 unspecified atom stereocenters. The molecule has 42 heavy (non-hydrogen) atoms. The van der Waals surface area contributed by atoms with Crippen molar-refractivity contribution in [2.24, 2.45) is 17.4 Å². The average Bonchev–Trinajstić information content (AvgIpc) is 2.94. The van der Waals surface area contributed by atoms with Crippen LogP contribution in [-0.4, -0.2) is 172 Å². The Hall–Kier alpha value is -1.13. The van der Waals surface area contributed by atoms with Crippen LogP contribution in [0.5, 0.6) is 0 Å². The van der Waals surface area contributed by atoms with Crippen LogP contribution < -0.4 is 27.4 Å². The molecule has 0 radical (unpaired) electrons. The number of amides is 1. The molecule has 246 valence electrons. The number of hydrogen-bond donors (Lipinski definition) is 13. The van der Waals surface area contributed by atoms with E-state index < -0.39 is 96.8 Å². The lowest BCUT2D eigenvalue weighted by Crippen LogP contribution is -2.71. The van der Waals surface area contributed by atoms with Crippen molar-refractivity contribution in [1.82, 2.24) is 16.0 Å². The van der Waals surface area contributed by atoms with Crippen LogP contribution in [0.1, 0.15) is 19.8 Å². The maximum atomic E-state index is 12.6. The monoisotopic (exact) mass is 611 g/mol. The molecule has 3 rings (SSSR count). The van der Waals surface area contributed by atoms with Gasteiger partial charge in [-0.25, -0.2) is 0 Å². The molecular weight excluding hydrogens is 562 g/mol. The molecule has 0 aromatic heterocycles. The van der Waals surface area contributed by atoms with Crippen molar-refractivity contribution in [2.45, 2.75) is 105 Å². The maximum Gasteiger partial charge on any atom is 0.250 e. The second-order valence-corrected chi connectivity index (χ2v) is 11.6. The lowest BCUT2D eigenvalue weighted by molar-refractivity contribution is -0.303. The largest absolute Gasteiger partial charge is 0.396 e. The van der Waals surface area contributed by atoms with Gasteiger partial charge in [-0.2, -0.15) is 0 Å². The molecule has 1 amide bonds. The number of nitrogens with two attached hydrogens (primary N) is 2. The van der Waals surface area contributed by atoms with E-state index in [4.69, 9.17) is 30.8 Å². The normalized spacial score (nSPS) is 45.4. The number of hydrogen-bond acceptors (Lipinski definition) is 16. The van der Waals surface area contributed by atoms with Gasteiger partial charge in [-0.3, -0.25) is 4.79 Å². The van der Waals surface area contributed by atoms with Gasteiger partial charge < -0.3 is 82.5 Å².